The fraction of sp³-hybridized carbons (Fsp3) is 0.875. The van der Waals surface area contributed by atoms with E-state index in [1.807, 2.05) is 19.0 Å². The highest BCUT2D eigenvalue weighted by atomic mass is 16.5. The zero-order valence-electron chi connectivity index (χ0n) is 37.6. The van der Waals surface area contributed by atoms with Gasteiger partial charge in [0.1, 0.15) is 6.10 Å². The Balaban J connectivity index is 1.29. The first-order valence-corrected chi connectivity index (χ1v) is 22.8. The second-order valence-corrected chi connectivity index (χ2v) is 22.5. The van der Waals surface area contributed by atoms with Gasteiger partial charge in [0.25, 0.3) is 0 Å². The maximum Gasteiger partial charge on any atom is 0.309 e. The Morgan fingerprint density at radius 1 is 0.842 bits per heavy atom. The van der Waals surface area contributed by atoms with Gasteiger partial charge in [-0.05, 0) is 138 Å². The van der Waals surface area contributed by atoms with E-state index in [2.05, 4.69) is 53.4 Å². The Labute approximate surface area is 344 Å². The van der Waals surface area contributed by atoms with Crippen LogP contribution in [-0.4, -0.2) is 89.6 Å². The summed E-state index contributed by atoms with van der Waals surface area (Å²) in [5.74, 6) is 0.0470. The van der Waals surface area contributed by atoms with Gasteiger partial charge in [0.15, 0.2) is 5.78 Å². The molecule has 0 heterocycles. The number of aliphatic hydroxyl groups is 1. The number of allylic oxidation sites excluding steroid dienone is 1. The number of nitrogens with zero attached hydrogens (tertiary/aromatic N) is 2. The third kappa shape index (κ3) is 7.37. The van der Waals surface area contributed by atoms with E-state index in [1.165, 1.54) is 12.0 Å². The first-order chi connectivity index (χ1) is 26.5. The predicted octanol–water partition coefficient (Wildman–Crippen LogP) is 8.71. The predicted molar refractivity (Wildman–Crippen MR) is 223 cm³/mol. The molecule has 0 radical (unpaired) electrons. The summed E-state index contributed by atoms with van der Waals surface area (Å²) in [6.07, 6.45) is 11.9. The average molecular weight is 795 g/mol. The topological polar surface area (TPSA) is 124 Å². The van der Waals surface area contributed by atoms with Gasteiger partial charge in [-0.3, -0.25) is 19.2 Å². The van der Waals surface area contributed by atoms with Crippen LogP contribution in [0.3, 0.4) is 0 Å². The van der Waals surface area contributed by atoms with Crippen LogP contribution in [0, 0.1) is 62.1 Å². The Hall–Kier alpha value is -2.26. The number of fused-ring (bicyclic) bond motifs is 7. The van der Waals surface area contributed by atoms with Gasteiger partial charge in [0, 0.05) is 42.8 Å². The number of hydrogen-bond acceptors (Lipinski definition) is 7. The van der Waals surface area contributed by atoms with Crippen LogP contribution in [0.15, 0.2) is 11.1 Å². The summed E-state index contributed by atoms with van der Waals surface area (Å²) < 4.78 is 6.19. The Morgan fingerprint density at radius 2 is 1.51 bits per heavy atom. The molecule has 2 unspecified atom stereocenters. The molecule has 6 rings (SSSR count). The summed E-state index contributed by atoms with van der Waals surface area (Å²) in [7, 11) is 4.06. The lowest BCUT2D eigenvalue weighted by Crippen LogP contribution is -2.66. The van der Waals surface area contributed by atoms with Crippen molar-refractivity contribution in [1.82, 2.24) is 9.80 Å². The van der Waals surface area contributed by atoms with Crippen LogP contribution in [0.2, 0.25) is 0 Å². The van der Waals surface area contributed by atoms with Crippen molar-refractivity contribution in [2.75, 3.05) is 33.7 Å². The maximum atomic E-state index is 14.3. The van der Waals surface area contributed by atoms with Crippen molar-refractivity contribution < 1.29 is 34.1 Å². The van der Waals surface area contributed by atoms with Gasteiger partial charge in [-0.1, -0.05) is 73.3 Å². The Morgan fingerprint density at radius 3 is 2.12 bits per heavy atom. The van der Waals surface area contributed by atoms with Crippen LogP contribution in [-0.2, 0) is 23.9 Å². The summed E-state index contributed by atoms with van der Waals surface area (Å²) in [6, 6.07) is 0. The maximum absolute atomic E-state index is 14.3. The van der Waals surface area contributed by atoms with Crippen LogP contribution >= 0.6 is 0 Å². The van der Waals surface area contributed by atoms with Crippen molar-refractivity contribution in [3.8, 4) is 0 Å². The number of carboxylic acids is 1. The highest BCUT2D eigenvalue weighted by Gasteiger charge is 2.71. The minimum atomic E-state index is -1.18. The highest BCUT2D eigenvalue weighted by Crippen LogP contribution is 2.77. The fourth-order valence-corrected chi connectivity index (χ4v) is 14.5. The molecule has 5 fully saturated rings. The lowest BCUT2D eigenvalue weighted by atomic mass is 9.33. The van der Waals surface area contributed by atoms with Crippen molar-refractivity contribution in [3.05, 3.63) is 11.1 Å². The molecule has 57 heavy (non-hydrogen) atoms. The molecule has 0 aromatic heterocycles. The molecule has 0 aromatic carbocycles. The molecule has 0 spiro atoms. The number of ether oxygens (including phenoxy) is 1. The summed E-state index contributed by atoms with van der Waals surface area (Å²) in [5, 5.41) is 22.3. The van der Waals surface area contributed by atoms with Gasteiger partial charge in [0.05, 0.1) is 17.9 Å². The molecule has 322 valence electrons. The highest BCUT2D eigenvalue weighted by molar-refractivity contribution is 6.00. The SMILES string of the molecule is CC(C)C1=C2[C@H]3CC[C@@H]4[C@@]5(C)CC[C@H](OC(=O)CC(C)(C)C(=O)O)C(C)(C)[C@H]5CC[C@@]4(C)[C@]3(C)CCC2(C(O)CN(CCN(C)C)C(=O)C2CCCCC2)CC1=O. The van der Waals surface area contributed by atoms with E-state index >= 15 is 0 Å². The van der Waals surface area contributed by atoms with Crippen molar-refractivity contribution in [2.24, 2.45) is 62.1 Å². The normalized spacial score (nSPS) is 37.3. The molecule has 0 bridgehead atoms. The van der Waals surface area contributed by atoms with Crippen molar-refractivity contribution >= 4 is 23.6 Å². The van der Waals surface area contributed by atoms with Crippen LogP contribution in [0.4, 0.5) is 0 Å². The van der Waals surface area contributed by atoms with E-state index in [9.17, 15) is 29.4 Å². The molecule has 9 nitrogen and oxygen atoms in total. The molecule has 5 saturated carbocycles. The summed E-state index contributed by atoms with van der Waals surface area (Å²) in [5.41, 5.74) is 0.103. The second kappa shape index (κ2) is 15.6. The van der Waals surface area contributed by atoms with Gasteiger partial charge in [0.2, 0.25) is 5.91 Å². The van der Waals surface area contributed by atoms with E-state index in [0.717, 1.165) is 89.2 Å². The molecule has 0 saturated heterocycles. The Bertz CT molecular complexity index is 1610. The number of carbonyl (C=O) groups excluding carboxylic acids is 3. The molecular weight excluding hydrogens is 717 g/mol. The smallest absolute Gasteiger partial charge is 0.309 e. The lowest BCUT2D eigenvalue weighted by molar-refractivity contribution is -0.235. The van der Waals surface area contributed by atoms with E-state index in [4.69, 9.17) is 4.74 Å². The Kier molecular flexibility index (Phi) is 12.2. The molecular formula is C48H78N2O7. The largest absolute Gasteiger partial charge is 0.481 e. The zero-order chi connectivity index (χ0) is 42.1. The van der Waals surface area contributed by atoms with E-state index < -0.39 is 28.9 Å². The number of esters is 1. The molecule has 0 aliphatic heterocycles. The summed E-state index contributed by atoms with van der Waals surface area (Å²) in [6.45, 7) is 21.2. The van der Waals surface area contributed by atoms with E-state index in [0.29, 0.717) is 24.8 Å². The van der Waals surface area contributed by atoms with Crippen LogP contribution < -0.4 is 0 Å². The van der Waals surface area contributed by atoms with Crippen LogP contribution in [0.5, 0.6) is 0 Å². The van der Waals surface area contributed by atoms with Gasteiger partial charge in [-0.2, -0.15) is 0 Å². The molecule has 9 heteroatoms. The van der Waals surface area contributed by atoms with Gasteiger partial charge < -0.3 is 24.7 Å². The quantitative estimate of drug-likeness (QED) is 0.188. The minimum Gasteiger partial charge on any atom is -0.481 e. The molecule has 1 amide bonds. The number of Topliss-reactive ketones (excluding diaryl/α,β-unsaturated/α-hetero) is 1. The van der Waals surface area contributed by atoms with Gasteiger partial charge >= 0.3 is 11.9 Å². The van der Waals surface area contributed by atoms with Crippen molar-refractivity contribution in [2.45, 2.75) is 171 Å². The number of aliphatic hydroxyl groups excluding tert-OH is 1. The number of carboxylic acid groups (broad SMARTS) is 1. The first kappa shape index (κ1) is 44.3. The van der Waals surface area contributed by atoms with E-state index in [-0.39, 0.29) is 70.2 Å². The second-order valence-electron chi connectivity index (χ2n) is 22.5. The summed E-state index contributed by atoms with van der Waals surface area (Å²) >= 11 is 0. The fourth-order valence-electron chi connectivity index (χ4n) is 14.5. The number of ketones is 1. The third-order valence-corrected chi connectivity index (χ3v) is 18.0. The number of aliphatic carboxylic acids is 1. The van der Waals surface area contributed by atoms with Crippen molar-refractivity contribution in [3.63, 3.8) is 0 Å². The summed E-state index contributed by atoms with van der Waals surface area (Å²) in [4.78, 5) is 57.5. The monoisotopic (exact) mass is 795 g/mol. The number of rotatable bonds is 12. The van der Waals surface area contributed by atoms with Crippen molar-refractivity contribution in [1.29, 1.82) is 0 Å². The van der Waals surface area contributed by atoms with Gasteiger partial charge in [-0.25, -0.2) is 0 Å². The van der Waals surface area contributed by atoms with E-state index in [1.54, 1.807) is 13.8 Å². The van der Waals surface area contributed by atoms with Crippen LogP contribution in [0.1, 0.15) is 159 Å². The van der Waals surface area contributed by atoms with Crippen LogP contribution in [0.25, 0.3) is 0 Å². The first-order valence-electron chi connectivity index (χ1n) is 22.8. The molecule has 6 aliphatic rings. The molecule has 2 N–H and O–H groups in total. The third-order valence-electron chi connectivity index (χ3n) is 18.0. The molecule has 6 aliphatic carbocycles. The van der Waals surface area contributed by atoms with Gasteiger partial charge in [-0.15, -0.1) is 0 Å². The number of amides is 1. The zero-order valence-corrected chi connectivity index (χ0v) is 37.6. The minimum absolute atomic E-state index is 0.0127. The molecule has 9 atom stereocenters. The average Bonchev–Trinajstić information content (AvgIpc) is 3.44. The number of carbonyl (C=O) groups is 4. The molecule has 0 aromatic rings. The standard InChI is InChI=1S/C48H78N2O7/c1-30(2)39-33(51)27-48(36(52)29-50(26-25-49(10)11)41(54)31-15-13-12-14-16-31)24-23-46(8)32(40(39)48)17-18-35-45(7)21-20-37(57-38(53)28-43(3,4)42(55)56)44(5,6)34(45)19-22-47(35,46)9/h30-32,34-37,52H,12-29H2,1-11H3,(H,55,56)/t32-,34-,35-,36?,37+,45+,46-,47-,48?/m1/s1. The number of hydrogen-bond donors (Lipinski definition) is 2. The number of likely N-dealkylation sites (N-methyl/N-ethyl adjacent to an activating group) is 1. The lowest BCUT2D eigenvalue weighted by Gasteiger charge is -2.72.